The lowest BCUT2D eigenvalue weighted by atomic mass is 10.1. The van der Waals surface area contributed by atoms with E-state index in [0.29, 0.717) is 19.4 Å². The summed E-state index contributed by atoms with van der Waals surface area (Å²) in [7, 11) is 0. The van der Waals surface area contributed by atoms with Crippen molar-refractivity contribution in [3.05, 3.63) is 21.9 Å². The Morgan fingerprint density at radius 3 is 2.53 bits per heavy atom. The van der Waals surface area contributed by atoms with Crippen LogP contribution in [0.4, 0.5) is 0 Å². The van der Waals surface area contributed by atoms with Crippen LogP contribution in [0.25, 0.3) is 0 Å². The molecular formula is C12H15NO3S. The van der Waals surface area contributed by atoms with Crippen LogP contribution in [0.5, 0.6) is 0 Å². The number of carbonyl (C=O) groups excluding carboxylic acids is 1. The van der Waals surface area contributed by atoms with Gasteiger partial charge < -0.3 is 10.4 Å². The number of amides is 1. The van der Waals surface area contributed by atoms with Crippen LogP contribution in [0.3, 0.4) is 0 Å². The summed E-state index contributed by atoms with van der Waals surface area (Å²) in [6.45, 7) is 2.51. The highest BCUT2D eigenvalue weighted by atomic mass is 32.1. The van der Waals surface area contributed by atoms with Crippen molar-refractivity contribution in [2.24, 2.45) is 5.41 Å². The lowest BCUT2D eigenvalue weighted by molar-refractivity contribution is -0.149. The molecule has 1 aliphatic rings. The van der Waals surface area contributed by atoms with Gasteiger partial charge in [0.25, 0.3) is 0 Å². The first-order chi connectivity index (χ1) is 8.08. The molecule has 0 atom stereocenters. The molecule has 1 fully saturated rings. The zero-order chi connectivity index (χ0) is 12.5. The molecule has 0 bridgehead atoms. The minimum Gasteiger partial charge on any atom is -0.480 e. The van der Waals surface area contributed by atoms with Gasteiger partial charge in [-0.05, 0) is 31.4 Å². The SMILES string of the molecule is CCc1ccc(CNC(=O)C2(C(=O)O)CC2)s1. The summed E-state index contributed by atoms with van der Waals surface area (Å²) in [4.78, 5) is 25.0. The first kappa shape index (κ1) is 12.1. The van der Waals surface area contributed by atoms with E-state index in [1.165, 1.54) is 4.88 Å². The van der Waals surface area contributed by atoms with Crippen molar-refractivity contribution < 1.29 is 14.7 Å². The number of hydrogen-bond donors (Lipinski definition) is 2. The van der Waals surface area contributed by atoms with Crippen LogP contribution < -0.4 is 5.32 Å². The van der Waals surface area contributed by atoms with Crippen LogP contribution in [0.15, 0.2) is 12.1 Å². The highest BCUT2D eigenvalue weighted by Gasteiger charge is 2.56. The maximum Gasteiger partial charge on any atom is 0.319 e. The van der Waals surface area contributed by atoms with Crippen molar-refractivity contribution in [3.63, 3.8) is 0 Å². The minimum absolute atomic E-state index is 0.351. The highest BCUT2D eigenvalue weighted by Crippen LogP contribution is 2.46. The van der Waals surface area contributed by atoms with Gasteiger partial charge in [0.2, 0.25) is 5.91 Å². The molecule has 0 aromatic carbocycles. The molecule has 0 aliphatic heterocycles. The normalized spacial score (nSPS) is 16.5. The number of nitrogens with one attached hydrogen (secondary N) is 1. The van der Waals surface area contributed by atoms with Gasteiger partial charge in [-0.25, -0.2) is 0 Å². The van der Waals surface area contributed by atoms with Gasteiger partial charge in [0, 0.05) is 9.75 Å². The Bertz CT molecular complexity index is 448. The molecule has 0 saturated heterocycles. The Kier molecular flexibility index (Phi) is 3.19. The second-order valence-corrected chi connectivity index (χ2v) is 5.54. The van der Waals surface area contributed by atoms with E-state index >= 15 is 0 Å². The molecule has 0 unspecified atom stereocenters. The number of hydrogen-bond acceptors (Lipinski definition) is 3. The molecule has 2 N–H and O–H groups in total. The van der Waals surface area contributed by atoms with E-state index in [9.17, 15) is 9.59 Å². The minimum atomic E-state index is -1.13. The van der Waals surface area contributed by atoms with E-state index in [0.717, 1.165) is 11.3 Å². The van der Waals surface area contributed by atoms with Gasteiger partial charge in [-0.1, -0.05) is 6.92 Å². The summed E-state index contributed by atoms with van der Waals surface area (Å²) < 4.78 is 0. The predicted octanol–water partition coefficient (Wildman–Crippen LogP) is 1.79. The van der Waals surface area contributed by atoms with Crippen LogP contribution in [-0.2, 0) is 22.6 Å². The number of carboxylic acids is 1. The van der Waals surface area contributed by atoms with Crippen molar-refractivity contribution in [2.45, 2.75) is 32.7 Å². The Hall–Kier alpha value is -1.36. The van der Waals surface area contributed by atoms with E-state index in [1.807, 2.05) is 12.1 Å². The molecule has 1 amide bonds. The van der Waals surface area contributed by atoms with Crippen LogP contribution in [0, 0.1) is 5.41 Å². The Morgan fingerprint density at radius 1 is 1.41 bits per heavy atom. The molecule has 0 radical (unpaired) electrons. The number of carboxylic acid groups (broad SMARTS) is 1. The molecule has 0 spiro atoms. The number of carbonyl (C=O) groups is 2. The standard InChI is InChI=1S/C12H15NO3S/c1-2-8-3-4-9(17-8)7-13-10(14)12(5-6-12)11(15)16/h3-4H,2,5-7H2,1H3,(H,13,14)(H,15,16). The molecule has 1 aliphatic carbocycles. The maximum absolute atomic E-state index is 11.7. The third kappa shape index (κ3) is 2.34. The molecule has 17 heavy (non-hydrogen) atoms. The van der Waals surface area contributed by atoms with Crippen LogP contribution >= 0.6 is 11.3 Å². The van der Waals surface area contributed by atoms with Gasteiger partial charge >= 0.3 is 5.97 Å². The Morgan fingerprint density at radius 2 is 2.06 bits per heavy atom. The fourth-order valence-corrected chi connectivity index (χ4v) is 2.60. The second kappa shape index (κ2) is 4.49. The van der Waals surface area contributed by atoms with Crippen LogP contribution in [0.2, 0.25) is 0 Å². The van der Waals surface area contributed by atoms with Gasteiger partial charge in [-0.3, -0.25) is 9.59 Å². The topological polar surface area (TPSA) is 66.4 Å². The van der Waals surface area contributed by atoms with E-state index < -0.39 is 11.4 Å². The van der Waals surface area contributed by atoms with Gasteiger partial charge in [0.15, 0.2) is 0 Å². The largest absolute Gasteiger partial charge is 0.480 e. The molecular weight excluding hydrogens is 238 g/mol. The van der Waals surface area contributed by atoms with E-state index in [2.05, 4.69) is 12.2 Å². The lowest BCUT2D eigenvalue weighted by Crippen LogP contribution is -2.36. The first-order valence-corrected chi connectivity index (χ1v) is 6.49. The molecule has 4 nitrogen and oxygen atoms in total. The summed E-state index contributed by atoms with van der Waals surface area (Å²) in [5, 5.41) is 11.7. The summed E-state index contributed by atoms with van der Waals surface area (Å²) in [6.07, 6.45) is 1.90. The van der Waals surface area contributed by atoms with Crippen molar-refractivity contribution in [3.8, 4) is 0 Å². The van der Waals surface area contributed by atoms with Gasteiger partial charge in [0.1, 0.15) is 5.41 Å². The highest BCUT2D eigenvalue weighted by molar-refractivity contribution is 7.11. The first-order valence-electron chi connectivity index (χ1n) is 5.68. The molecule has 1 aromatic rings. The predicted molar refractivity (Wildman–Crippen MR) is 64.8 cm³/mol. The van der Waals surface area contributed by atoms with E-state index in [4.69, 9.17) is 5.11 Å². The van der Waals surface area contributed by atoms with Crippen molar-refractivity contribution >= 4 is 23.2 Å². The molecule has 5 heteroatoms. The molecule has 2 rings (SSSR count). The van der Waals surface area contributed by atoms with Gasteiger partial charge in [0.05, 0.1) is 6.54 Å². The number of aryl methyl sites for hydroxylation is 1. The molecule has 1 heterocycles. The smallest absolute Gasteiger partial charge is 0.319 e. The van der Waals surface area contributed by atoms with Crippen LogP contribution in [-0.4, -0.2) is 17.0 Å². The van der Waals surface area contributed by atoms with Gasteiger partial charge in [-0.2, -0.15) is 0 Å². The Labute approximate surface area is 104 Å². The quantitative estimate of drug-likeness (QED) is 0.786. The van der Waals surface area contributed by atoms with Gasteiger partial charge in [-0.15, -0.1) is 11.3 Å². The Balaban J connectivity index is 1.90. The average molecular weight is 253 g/mol. The summed E-state index contributed by atoms with van der Waals surface area (Å²) in [5.74, 6) is -1.35. The maximum atomic E-state index is 11.7. The fraction of sp³-hybridized carbons (Fsp3) is 0.500. The number of rotatable bonds is 5. The van der Waals surface area contributed by atoms with E-state index in [1.54, 1.807) is 11.3 Å². The van der Waals surface area contributed by atoms with Crippen LogP contribution in [0.1, 0.15) is 29.5 Å². The number of thiophene rings is 1. The van der Waals surface area contributed by atoms with Crippen molar-refractivity contribution in [1.29, 1.82) is 0 Å². The zero-order valence-corrected chi connectivity index (χ0v) is 10.5. The third-order valence-corrected chi connectivity index (χ3v) is 4.31. The number of aliphatic carboxylic acids is 1. The average Bonchev–Trinajstić information content (AvgIpc) is 3.00. The monoisotopic (exact) mass is 253 g/mol. The fourth-order valence-electron chi connectivity index (χ4n) is 1.71. The molecule has 1 saturated carbocycles. The lowest BCUT2D eigenvalue weighted by Gasteiger charge is -2.09. The summed E-state index contributed by atoms with van der Waals surface area (Å²) in [5.41, 5.74) is -1.13. The van der Waals surface area contributed by atoms with Crippen molar-refractivity contribution in [1.82, 2.24) is 5.32 Å². The second-order valence-electron chi connectivity index (χ2n) is 4.29. The molecule has 1 aromatic heterocycles. The molecule has 92 valence electrons. The summed E-state index contributed by atoms with van der Waals surface area (Å²) >= 11 is 1.65. The van der Waals surface area contributed by atoms with Crippen molar-refractivity contribution in [2.75, 3.05) is 0 Å². The zero-order valence-electron chi connectivity index (χ0n) is 9.66. The summed E-state index contributed by atoms with van der Waals surface area (Å²) in [6, 6.07) is 4.01. The van der Waals surface area contributed by atoms with E-state index in [-0.39, 0.29) is 5.91 Å². The third-order valence-electron chi connectivity index (χ3n) is 3.08.